The van der Waals surface area contributed by atoms with E-state index >= 15 is 0 Å². The fourth-order valence-electron chi connectivity index (χ4n) is 2.72. The lowest BCUT2D eigenvalue weighted by atomic mass is 10.1. The van der Waals surface area contributed by atoms with Gasteiger partial charge in [0.2, 0.25) is 12.7 Å². The second-order valence-electron chi connectivity index (χ2n) is 6.44. The van der Waals surface area contributed by atoms with Gasteiger partial charge in [0.15, 0.2) is 11.5 Å². The number of fused-ring (bicyclic) bond motifs is 1. The van der Waals surface area contributed by atoms with Crippen molar-refractivity contribution in [3.05, 3.63) is 46.5 Å². The Balaban J connectivity index is 1.53. The summed E-state index contributed by atoms with van der Waals surface area (Å²) in [6, 6.07) is 8.56. The van der Waals surface area contributed by atoms with Crippen LogP contribution in [0.5, 0.6) is 11.5 Å². The number of carbonyl (C=O) groups excluding carboxylic acids is 2. The Bertz CT molecular complexity index is 909. The monoisotopic (exact) mass is 372 g/mol. The second-order valence-corrected chi connectivity index (χ2v) is 6.85. The summed E-state index contributed by atoms with van der Waals surface area (Å²) in [4.78, 5) is 24.5. The van der Waals surface area contributed by atoms with Crippen molar-refractivity contribution in [1.82, 2.24) is 0 Å². The quantitative estimate of drug-likeness (QED) is 0.851. The van der Waals surface area contributed by atoms with E-state index in [9.17, 15) is 9.59 Å². The molecule has 1 fully saturated rings. The van der Waals surface area contributed by atoms with Gasteiger partial charge in [-0.2, -0.15) is 0 Å². The topological polar surface area (TPSA) is 76.7 Å². The van der Waals surface area contributed by atoms with Gasteiger partial charge in [0.05, 0.1) is 5.02 Å². The minimum atomic E-state index is -0.320. The number of rotatable bonds is 4. The third-order valence-corrected chi connectivity index (χ3v) is 4.67. The summed E-state index contributed by atoms with van der Waals surface area (Å²) in [6.07, 6.45) is 1.87. The lowest BCUT2D eigenvalue weighted by Gasteiger charge is -2.12. The molecule has 0 spiro atoms. The molecule has 1 aliphatic heterocycles. The first-order valence-electron chi connectivity index (χ1n) is 8.33. The summed E-state index contributed by atoms with van der Waals surface area (Å²) >= 11 is 6.14. The first-order valence-corrected chi connectivity index (χ1v) is 8.71. The number of halogens is 1. The summed E-state index contributed by atoms with van der Waals surface area (Å²) in [6.45, 7) is 1.97. The van der Waals surface area contributed by atoms with E-state index in [2.05, 4.69) is 10.6 Å². The van der Waals surface area contributed by atoms with Gasteiger partial charge in [0.25, 0.3) is 5.91 Å². The first kappa shape index (κ1) is 16.7. The normalized spacial score (nSPS) is 14.8. The lowest BCUT2D eigenvalue weighted by Crippen LogP contribution is -2.15. The molecule has 134 valence electrons. The van der Waals surface area contributed by atoms with Crippen molar-refractivity contribution in [2.24, 2.45) is 5.92 Å². The van der Waals surface area contributed by atoms with Crippen LogP contribution in [0.4, 0.5) is 11.4 Å². The molecule has 2 aromatic rings. The molecular weight excluding hydrogens is 356 g/mol. The third-order valence-electron chi connectivity index (χ3n) is 4.39. The average Bonchev–Trinajstić information content (AvgIpc) is 3.35. The Labute approximate surface area is 155 Å². The summed E-state index contributed by atoms with van der Waals surface area (Å²) < 4.78 is 10.6. The summed E-state index contributed by atoms with van der Waals surface area (Å²) in [5.74, 6) is 0.715. The number of anilines is 2. The molecule has 0 atom stereocenters. The molecule has 0 bridgehead atoms. The maximum Gasteiger partial charge on any atom is 0.255 e. The zero-order valence-corrected chi connectivity index (χ0v) is 14.9. The van der Waals surface area contributed by atoms with Gasteiger partial charge in [-0.15, -0.1) is 0 Å². The number of hydrogen-bond acceptors (Lipinski definition) is 4. The first-order chi connectivity index (χ1) is 12.5. The van der Waals surface area contributed by atoms with Crippen LogP contribution in [0.25, 0.3) is 0 Å². The van der Waals surface area contributed by atoms with Crippen LogP contribution in [0.3, 0.4) is 0 Å². The molecule has 1 saturated carbocycles. The fourth-order valence-corrected chi connectivity index (χ4v) is 2.98. The van der Waals surface area contributed by atoms with Crippen LogP contribution in [0, 0.1) is 12.8 Å². The largest absolute Gasteiger partial charge is 0.454 e. The molecule has 2 aromatic carbocycles. The average molecular weight is 373 g/mol. The number of hydrogen-bond donors (Lipinski definition) is 2. The van der Waals surface area contributed by atoms with E-state index in [4.69, 9.17) is 21.1 Å². The van der Waals surface area contributed by atoms with Crippen molar-refractivity contribution in [2.75, 3.05) is 17.4 Å². The van der Waals surface area contributed by atoms with Gasteiger partial charge in [0, 0.05) is 22.9 Å². The van der Waals surface area contributed by atoms with Crippen molar-refractivity contribution in [3.8, 4) is 11.5 Å². The molecule has 0 radical (unpaired) electrons. The van der Waals surface area contributed by atoms with Gasteiger partial charge < -0.3 is 20.1 Å². The number of benzene rings is 2. The molecule has 7 heteroatoms. The molecule has 1 aliphatic carbocycles. The van der Waals surface area contributed by atoms with Gasteiger partial charge in [-0.25, -0.2) is 0 Å². The maximum atomic E-state index is 12.6. The van der Waals surface area contributed by atoms with Crippen LogP contribution >= 0.6 is 11.6 Å². The molecular formula is C19H17ClN2O4. The predicted octanol–water partition coefficient (Wildman–Crippen LogP) is 3.98. The Kier molecular flexibility index (Phi) is 4.20. The lowest BCUT2D eigenvalue weighted by molar-refractivity contribution is -0.117. The van der Waals surface area contributed by atoms with Gasteiger partial charge in [-0.05, 0) is 49.6 Å². The minimum Gasteiger partial charge on any atom is -0.454 e. The van der Waals surface area contributed by atoms with Gasteiger partial charge >= 0.3 is 0 Å². The number of carbonyl (C=O) groups is 2. The number of nitrogens with one attached hydrogen (secondary N) is 2. The van der Waals surface area contributed by atoms with Crippen LogP contribution in [0.2, 0.25) is 5.02 Å². The number of ether oxygens (including phenoxy) is 2. The highest BCUT2D eigenvalue weighted by Crippen LogP contribution is 2.40. The van der Waals surface area contributed by atoms with Gasteiger partial charge in [-0.1, -0.05) is 17.7 Å². The van der Waals surface area contributed by atoms with Crippen molar-refractivity contribution in [2.45, 2.75) is 19.8 Å². The van der Waals surface area contributed by atoms with E-state index in [0.29, 0.717) is 33.5 Å². The molecule has 0 unspecified atom stereocenters. The number of amides is 2. The van der Waals surface area contributed by atoms with Crippen LogP contribution in [-0.2, 0) is 4.79 Å². The van der Waals surface area contributed by atoms with E-state index < -0.39 is 0 Å². The van der Waals surface area contributed by atoms with Crippen molar-refractivity contribution in [1.29, 1.82) is 0 Å². The molecule has 0 aromatic heterocycles. The van der Waals surface area contributed by atoms with Crippen molar-refractivity contribution >= 4 is 34.8 Å². The minimum absolute atomic E-state index is 0.0219. The Morgan fingerprint density at radius 3 is 2.69 bits per heavy atom. The van der Waals surface area contributed by atoms with E-state index in [1.165, 1.54) is 0 Å². The molecule has 26 heavy (non-hydrogen) atoms. The molecule has 2 N–H and O–H groups in total. The zero-order chi connectivity index (χ0) is 18.3. The molecule has 1 heterocycles. The van der Waals surface area contributed by atoms with Crippen LogP contribution in [0.1, 0.15) is 28.8 Å². The zero-order valence-electron chi connectivity index (χ0n) is 14.1. The van der Waals surface area contributed by atoms with Gasteiger partial charge in [-0.3, -0.25) is 9.59 Å². The SMILES string of the molecule is Cc1ccc(NC(=O)C2CC2)cc1NC(=O)c1cc(Cl)c2c(c1)OCO2. The summed E-state index contributed by atoms with van der Waals surface area (Å²) in [5, 5.41) is 6.06. The van der Waals surface area contributed by atoms with Crippen LogP contribution in [0.15, 0.2) is 30.3 Å². The molecule has 0 saturated heterocycles. The van der Waals surface area contributed by atoms with E-state index in [1.54, 1.807) is 18.2 Å². The highest BCUT2D eigenvalue weighted by Gasteiger charge is 2.29. The third kappa shape index (κ3) is 3.32. The Morgan fingerprint density at radius 1 is 1.12 bits per heavy atom. The van der Waals surface area contributed by atoms with Gasteiger partial charge in [0.1, 0.15) is 0 Å². The Hall–Kier alpha value is -2.73. The molecule has 6 nitrogen and oxygen atoms in total. The molecule has 4 rings (SSSR count). The number of aryl methyl sites for hydroxylation is 1. The maximum absolute atomic E-state index is 12.6. The Morgan fingerprint density at radius 2 is 1.92 bits per heavy atom. The molecule has 2 aliphatic rings. The van der Waals surface area contributed by atoms with E-state index in [-0.39, 0.29) is 24.5 Å². The highest BCUT2D eigenvalue weighted by atomic mass is 35.5. The van der Waals surface area contributed by atoms with Crippen molar-refractivity contribution in [3.63, 3.8) is 0 Å². The highest BCUT2D eigenvalue weighted by molar-refractivity contribution is 6.32. The van der Waals surface area contributed by atoms with Crippen LogP contribution in [-0.4, -0.2) is 18.6 Å². The van der Waals surface area contributed by atoms with Crippen LogP contribution < -0.4 is 20.1 Å². The summed E-state index contributed by atoms with van der Waals surface area (Å²) in [7, 11) is 0. The van der Waals surface area contributed by atoms with Crippen molar-refractivity contribution < 1.29 is 19.1 Å². The van der Waals surface area contributed by atoms with E-state index in [1.807, 2.05) is 19.1 Å². The molecule has 2 amide bonds. The second kappa shape index (κ2) is 6.53. The predicted molar refractivity (Wildman–Crippen MR) is 98.1 cm³/mol. The smallest absolute Gasteiger partial charge is 0.255 e. The summed E-state index contributed by atoms with van der Waals surface area (Å²) in [5.41, 5.74) is 2.53. The fraction of sp³-hybridized carbons (Fsp3) is 0.263. The standard InChI is InChI=1S/C19H17ClN2O4/c1-10-2-5-13(21-18(23)11-3-4-11)8-15(10)22-19(24)12-6-14(20)17-16(7-12)25-9-26-17/h2,5-8,11H,3-4,9H2,1H3,(H,21,23)(H,22,24). The van der Waals surface area contributed by atoms with E-state index in [0.717, 1.165) is 18.4 Å².